The summed E-state index contributed by atoms with van der Waals surface area (Å²) in [6.07, 6.45) is 2.42. The Balaban J connectivity index is 0.00000312. The van der Waals surface area contributed by atoms with Crippen LogP contribution in [0.4, 0.5) is 4.39 Å². The number of benzene rings is 1. The molecule has 1 aliphatic rings. The largest absolute Gasteiger partial charge is 0.395 e. The zero-order valence-corrected chi connectivity index (χ0v) is 15.0. The number of unbranched alkanes of at least 4 members (excludes halogenated alkanes) is 3. The summed E-state index contributed by atoms with van der Waals surface area (Å²) in [5.41, 5.74) is 1.12. The predicted molar refractivity (Wildman–Crippen MR) is 96.3 cm³/mol. The van der Waals surface area contributed by atoms with Gasteiger partial charge in [-0.25, -0.2) is 4.39 Å². The van der Waals surface area contributed by atoms with Crippen molar-refractivity contribution in [3.8, 4) is 0 Å². The van der Waals surface area contributed by atoms with E-state index in [4.69, 9.17) is 5.11 Å². The molecule has 0 aliphatic carbocycles. The van der Waals surface area contributed by atoms with E-state index in [0.29, 0.717) is 6.42 Å². The maximum Gasteiger partial charge on any atom is 0.123 e. The van der Waals surface area contributed by atoms with Gasteiger partial charge in [0.2, 0.25) is 0 Å². The van der Waals surface area contributed by atoms with Gasteiger partial charge in [-0.1, -0.05) is 31.4 Å². The standard InChI is InChI=1S/C18H28FNO4.ClH/c19-13-9-7-12(8-10-13)5-3-1-2-4-6-15(22)16-18(24)17(23)14(11-21)20-16;/h7-10,14-18,20-24H,1-6,11H2;1H/t14-,15-,16-,17-,18-;/m1./s1. The second-order valence-corrected chi connectivity index (χ2v) is 6.61. The van der Waals surface area contributed by atoms with Crippen LogP contribution in [0.1, 0.15) is 37.7 Å². The SMILES string of the molecule is Cl.OC[C@H]1N[C@H]([C@H](O)CCCCCCc2ccc(F)cc2)[C@@H](O)[C@@H]1O. The van der Waals surface area contributed by atoms with Crippen molar-refractivity contribution in [2.75, 3.05) is 6.61 Å². The van der Waals surface area contributed by atoms with Crippen molar-refractivity contribution in [1.29, 1.82) is 0 Å². The normalized spacial score (nSPS) is 27.1. The minimum Gasteiger partial charge on any atom is -0.395 e. The van der Waals surface area contributed by atoms with Crippen LogP contribution in [-0.2, 0) is 6.42 Å². The van der Waals surface area contributed by atoms with E-state index < -0.39 is 30.4 Å². The molecule has 0 amide bonds. The molecule has 0 unspecified atom stereocenters. The first-order chi connectivity index (χ1) is 11.5. The minimum absolute atomic E-state index is 0. The van der Waals surface area contributed by atoms with Crippen molar-refractivity contribution in [3.05, 3.63) is 35.6 Å². The summed E-state index contributed by atoms with van der Waals surface area (Å²) in [5, 5.41) is 41.8. The number of rotatable bonds is 9. The van der Waals surface area contributed by atoms with Gasteiger partial charge in [0.1, 0.15) is 5.82 Å². The summed E-state index contributed by atoms with van der Waals surface area (Å²) in [5.74, 6) is -0.219. The highest BCUT2D eigenvalue weighted by Gasteiger charge is 2.43. The average Bonchev–Trinajstić information content (AvgIpc) is 2.87. The summed E-state index contributed by atoms with van der Waals surface area (Å²) in [7, 11) is 0. The Bertz CT molecular complexity index is 490. The first-order valence-electron chi connectivity index (χ1n) is 8.68. The van der Waals surface area contributed by atoms with E-state index in [-0.39, 0.29) is 24.8 Å². The first kappa shape index (κ1) is 22.3. The van der Waals surface area contributed by atoms with E-state index in [0.717, 1.165) is 37.7 Å². The van der Waals surface area contributed by atoms with Crippen LogP contribution in [0.3, 0.4) is 0 Å². The molecule has 0 bridgehead atoms. The predicted octanol–water partition coefficient (Wildman–Crippen LogP) is 1.16. The molecule has 144 valence electrons. The Kier molecular flexibility index (Phi) is 9.86. The fourth-order valence-corrected chi connectivity index (χ4v) is 3.26. The lowest BCUT2D eigenvalue weighted by atomic mass is 9.98. The molecular weight excluding hydrogens is 349 g/mol. The molecule has 1 fully saturated rings. The van der Waals surface area contributed by atoms with Gasteiger partial charge >= 0.3 is 0 Å². The van der Waals surface area contributed by atoms with Crippen LogP contribution in [0, 0.1) is 5.82 Å². The smallest absolute Gasteiger partial charge is 0.123 e. The number of nitrogens with one attached hydrogen (secondary N) is 1. The van der Waals surface area contributed by atoms with Gasteiger partial charge in [0.15, 0.2) is 0 Å². The van der Waals surface area contributed by atoms with Gasteiger partial charge in [-0.2, -0.15) is 0 Å². The van der Waals surface area contributed by atoms with Crippen molar-refractivity contribution in [2.45, 2.75) is 68.9 Å². The van der Waals surface area contributed by atoms with Gasteiger partial charge in [-0.3, -0.25) is 0 Å². The highest BCUT2D eigenvalue weighted by atomic mass is 35.5. The summed E-state index contributed by atoms with van der Waals surface area (Å²) in [6, 6.07) is 5.36. The van der Waals surface area contributed by atoms with Crippen LogP contribution in [-0.4, -0.2) is 57.4 Å². The summed E-state index contributed by atoms with van der Waals surface area (Å²) < 4.78 is 12.8. The zero-order valence-electron chi connectivity index (χ0n) is 14.2. The van der Waals surface area contributed by atoms with Crippen molar-refractivity contribution in [3.63, 3.8) is 0 Å². The summed E-state index contributed by atoms with van der Waals surface area (Å²) in [6.45, 7) is -0.273. The minimum atomic E-state index is -1.06. The number of aryl methyl sites for hydroxylation is 1. The fourth-order valence-electron chi connectivity index (χ4n) is 3.26. The molecule has 2 rings (SSSR count). The van der Waals surface area contributed by atoms with E-state index >= 15 is 0 Å². The third-order valence-electron chi connectivity index (χ3n) is 4.78. The Morgan fingerprint density at radius 2 is 1.64 bits per heavy atom. The van der Waals surface area contributed by atoms with Crippen LogP contribution in [0.5, 0.6) is 0 Å². The molecule has 1 heterocycles. The van der Waals surface area contributed by atoms with E-state index in [1.807, 2.05) is 0 Å². The lowest BCUT2D eigenvalue weighted by Gasteiger charge is -2.22. The summed E-state index contributed by atoms with van der Waals surface area (Å²) >= 11 is 0. The van der Waals surface area contributed by atoms with E-state index in [9.17, 15) is 19.7 Å². The molecule has 5 N–H and O–H groups in total. The Hall–Kier alpha value is -0.760. The van der Waals surface area contributed by atoms with Gasteiger partial charge in [0.05, 0.1) is 37.0 Å². The number of hydrogen-bond acceptors (Lipinski definition) is 5. The van der Waals surface area contributed by atoms with Crippen LogP contribution in [0.15, 0.2) is 24.3 Å². The average molecular weight is 378 g/mol. The molecule has 7 heteroatoms. The Morgan fingerprint density at radius 3 is 2.24 bits per heavy atom. The Morgan fingerprint density at radius 1 is 1.00 bits per heavy atom. The molecule has 1 aromatic carbocycles. The maximum absolute atomic E-state index is 12.8. The highest BCUT2D eigenvalue weighted by Crippen LogP contribution is 2.20. The quantitative estimate of drug-likeness (QED) is 0.416. The number of halogens is 2. The molecule has 0 aromatic heterocycles. The van der Waals surface area contributed by atoms with Gasteiger partial charge in [-0.05, 0) is 37.0 Å². The van der Waals surface area contributed by atoms with E-state index in [1.165, 1.54) is 12.1 Å². The van der Waals surface area contributed by atoms with Crippen LogP contribution in [0.2, 0.25) is 0 Å². The van der Waals surface area contributed by atoms with E-state index in [1.54, 1.807) is 12.1 Å². The van der Waals surface area contributed by atoms with Crippen molar-refractivity contribution >= 4 is 12.4 Å². The molecule has 1 aromatic rings. The number of hydrogen-bond donors (Lipinski definition) is 5. The number of aliphatic hydroxyl groups is 4. The number of aliphatic hydroxyl groups excluding tert-OH is 4. The van der Waals surface area contributed by atoms with Gasteiger partial charge in [-0.15, -0.1) is 12.4 Å². The molecule has 0 saturated carbocycles. The van der Waals surface area contributed by atoms with Gasteiger partial charge < -0.3 is 25.7 Å². The molecule has 0 spiro atoms. The zero-order chi connectivity index (χ0) is 17.5. The molecule has 5 nitrogen and oxygen atoms in total. The van der Waals surface area contributed by atoms with Crippen LogP contribution >= 0.6 is 12.4 Å². The Labute approximate surface area is 154 Å². The van der Waals surface area contributed by atoms with Crippen molar-refractivity contribution in [1.82, 2.24) is 5.32 Å². The van der Waals surface area contributed by atoms with Gasteiger partial charge in [0, 0.05) is 0 Å². The van der Waals surface area contributed by atoms with Crippen LogP contribution in [0.25, 0.3) is 0 Å². The van der Waals surface area contributed by atoms with Crippen LogP contribution < -0.4 is 5.32 Å². The topological polar surface area (TPSA) is 93.0 Å². The summed E-state index contributed by atoms with van der Waals surface area (Å²) in [4.78, 5) is 0. The second kappa shape index (κ2) is 11.1. The fraction of sp³-hybridized carbons (Fsp3) is 0.667. The second-order valence-electron chi connectivity index (χ2n) is 6.61. The third-order valence-corrected chi connectivity index (χ3v) is 4.78. The molecule has 1 aliphatic heterocycles. The molecule has 25 heavy (non-hydrogen) atoms. The maximum atomic E-state index is 12.8. The van der Waals surface area contributed by atoms with Crippen molar-refractivity contribution < 1.29 is 24.8 Å². The molecule has 5 atom stereocenters. The monoisotopic (exact) mass is 377 g/mol. The first-order valence-corrected chi connectivity index (χ1v) is 8.68. The highest BCUT2D eigenvalue weighted by molar-refractivity contribution is 5.85. The van der Waals surface area contributed by atoms with E-state index in [2.05, 4.69) is 5.32 Å². The van der Waals surface area contributed by atoms with Crippen molar-refractivity contribution in [2.24, 2.45) is 0 Å². The molecular formula is C18H29ClFNO4. The molecule has 1 saturated heterocycles. The molecule has 0 radical (unpaired) electrons. The third kappa shape index (κ3) is 6.47. The lowest BCUT2D eigenvalue weighted by molar-refractivity contribution is -0.00443. The lowest BCUT2D eigenvalue weighted by Crippen LogP contribution is -2.44. The van der Waals surface area contributed by atoms with Gasteiger partial charge in [0.25, 0.3) is 0 Å².